The van der Waals surface area contributed by atoms with Crippen molar-refractivity contribution in [1.82, 2.24) is 0 Å². The summed E-state index contributed by atoms with van der Waals surface area (Å²) in [5, 5.41) is 0. The Morgan fingerprint density at radius 3 is 2.44 bits per heavy atom. The van der Waals surface area contributed by atoms with E-state index in [0.717, 1.165) is 5.56 Å². The first-order valence-corrected chi connectivity index (χ1v) is 6.21. The van der Waals surface area contributed by atoms with Crippen molar-refractivity contribution in [3.05, 3.63) is 35.9 Å². The summed E-state index contributed by atoms with van der Waals surface area (Å²) in [6.45, 7) is 6.08. The van der Waals surface area contributed by atoms with Crippen LogP contribution in [-0.2, 0) is 4.79 Å². The Labute approximate surface area is 110 Å². The van der Waals surface area contributed by atoms with Gasteiger partial charge < -0.3 is 5.73 Å². The predicted molar refractivity (Wildman–Crippen MR) is 74.8 cm³/mol. The van der Waals surface area contributed by atoms with E-state index in [1.54, 1.807) is 0 Å². The van der Waals surface area contributed by atoms with Gasteiger partial charge in [-0.3, -0.25) is 4.79 Å². The molecule has 1 unspecified atom stereocenters. The van der Waals surface area contributed by atoms with Crippen LogP contribution >= 0.6 is 0 Å². The fourth-order valence-electron chi connectivity index (χ4n) is 1.54. The molecule has 0 aromatic heterocycles. The molecule has 2 nitrogen and oxygen atoms in total. The first-order valence-electron chi connectivity index (χ1n) is 6.21. The molecule has 0 bridgehead atoms. The average Bonchev–Trinajstić information content (AvgIpc) is 2.28. The third-order valence-corrected chi connectivity index (χ3v) is 2.42. The third-order valence-electron chi connectivity index (χ3n) is 2.42. The van der Waals surface area contributed by atoms with E-state index in [-0.39, 0.29) is 23.7 Å². The fraction of sp³-hybridized carbons (Fsp3) is 0.438. The van der Waals surface area contributed by atoms with Crippen molar-refractivity contribution in [3.63, 3.8) is 0 Å². The lowest BCUT2D eigenvalue weighted by Crippen LogP contribution is -2.15. The number of carbonyl (C=O) groups is 1. The Morgan fingerprint density at radius 2 is 1.89 bits per heavy atom. The first kappa shape index (κ1) is 14.5. The number of carbonyl (C=O) groups excluding carboxylic acids is 1. The number of Topliss-reactive ketones (excluding diaryl/α,β-unsaturated/α-hetero) is 1. The highest BCUT2D eigenvalue weighted by molar-refractivity contribution is 5.81. The van der Waals surface area contributed by atoms with Crippen molar-refractivity contribution in [1.29, 1.82) is 0 Å². The van der Waals surface area contributed by atoms with Gasteiger partial charge in [0.2, 0.25) is 0 Å². The molecule has 2 heteroatoms. The Morgan fingerprint density at radius 1 is 1.28 bits per heavy atom. The molecule has 0 radical (unpaired) electrons. The number of hydrogen-bond donors (Lipinski definition) is 1. The summed E-state index contributed by atoms with van der Waals surface area (Å²) in [7, 11) is 0. The largest absolute Gasteiger partial charge is 0.324 e. The van der Waals surface area contributed by atoms with Crippen LogP contribution in [0.1, 0.15) is 45.2 Å². The highest BCUT2D eigenvalue weighted by atomic mass is 16.1. The molecule has 1 rings (SSSR count). The second-order valence-electron chi connectivity index (χ2n) is 5.49. The minimum absolute atomic E-state index is 0.0537. The van der Waals surface area contributed by atoms with Gasteiger partial charge in [0.05, 0.1) is 6.42 Å². The van der Waals surface area contributed by atoms with Gasteiger partial charge in [-0.15, -0.1) is 0 Å². The topological polar surface area (TPSA) is 43.1 Å². The third kappa shape index (κ3) is 5.65. The standard InChI is InChI=1S/C16H21NO/c1-16(2,3)11-7-10-14(18)12-15(17)13-8-5-4-6-9-13/h4-6,8-9,15H,10,12,17H2,1-3H3. The van der Waals surface area contributed by atoms with Crippen LogP contribution in [0.25, 0.3) is 0 Å². The molecular formula is C16H21NO. The molecule has 0 aliphatic rings. The Hall–Kier alpha value is -1.59. The van der Waals surface area contributed by atoms with Crippen LogP contribution in [-0.4, -0.2) is 5.78 Å². The van der Waals surface area contributed by atoms with Gasteiger partial charge in [0.15, 0.2) is 0 Å². The van der Waals surface area contributed by atoms with Crippen LogP contribution in [0.4, 0.5) is 0 Å². The van der Waals surface area contributed by atoms with Gasteiger partial charge in [-0.1, -0.05) is 42.2 Å². The highest BCUT2D eigenvalue weighted by Gasteiger charge is 2.10. The monoisotopic (exact) mass is 243 g/mol. The molecule has 18 heavy (non-hydrogen) atoms. The van der Waals surface area contributed by atoms with Gasteiger partial charge in [0, 0.05) is 17.9 Å². The summed E-state index contributed by atoms with van der Waals surface area (Å²) >= 11 is 0. The van der Waals surface area contributed by atoms with Crippen LogP contribution in [0, 0.1) is 17.3 Å². The number of rotatable bonds is 4. The Bertz CT molecular complexity index is 445. The maximum atomic E-state index is 11.7. The van der Waals surface area contributed by atoms with E-state index in [1.807, 2.05) is 51.1 Å². The number of benzene rings is 1. The van der Waals surface area contributed by atoms with Gasteiger partial charge >= 0.3 is 0 Å². The molecule has 1 aromatic carbocycles. The van der Waals surface area contributed by atoms with E-state index in [9.17, 15) is 4.79 Å². The van der Waals surface area contributed by atoms with E-state index in [4.69, 9.17) is 5.73 Å². The summed E-state index contributed by atoms with van der Waals surface area (Å²) in [6, 6.07) is 9.46. The van der Waals surface area contributed by atoms with Gasteiger partial charge in [-0.05, 0) is 26.3 Å². The van der Waals surface area contributed by atoms with Crippen molar-refractivity contribution in [2.75, 3.05) is 0 Å². The number of ketones is 1. The maximum Gasteiger partial charge on any atom is 0.146 e. The Kier molecular flexibility index (Phi) is 5.12. The summed E-state index contributed by atoms with van der Waals surface area (Å²) in [5.41, 5.74) is 6.93. The summed E-state index contributed by atoms with van der Waals surface area (Å²) in [5.74, 6) is 6.08. The van der Waals surface area contributed by atoms with E-state index in [2.05, 4.69) is 11.8 Å². The van der Waals surface area contributed by atoms with Crippen molar-refractivity contribution in [3.8, 4) is 11.8 Å². The van der Waals surface area contributed by atoms with Crippen LogP contribution in [0.5, 0.6) is 0 Å². The zero-order valence-corrected chi connectivity index (χ0v) is 11.4. The molecule has 0 aliphatic carbocycles. The van der Waals surface area contributed by atoms with E-state index < -0.39 is 0 Å². The summed E-state index contributed by atoms with van der Waals surface area (Å²) in [6.07, 6.45) is 0.640. The maximum absolute atomic E-state index is 11.7. The van der Waals surface area contributed by atoms with E-state index >= 15 is 0 Å². The number of hydrogen-bond acceptors (Lipinski definition) is 2. The average molecular weight is 243 g/mol. The summed E-state index contributed by atoms with van der Waals surface area (Å²) in [4.78, 5) is 11.7. The molecule has 0 aliphatic heterocycles. The van der Waals surface area contributed by atoms with Crippen LogP contribution in [0.2, 0.25) is 0 Å². The molecule has 2 N–H and O–H groups in total. The summed E-state index contributed by atoms with van der Waals surface area (Å²) < 4.78 is 0. The normalized spacial score (nSPS) is 12.4. The molecule has 0 fully saturated rings. The lowest BCUT2D eigenvalue weighted by atomic mass is 9.97. The minimum atomic E-state index is -0.227. The zero-order valence-electron chi connectivity index (χ0n) is 11.4. The first-order chi connectivity index (χ1) is 8.38. The second-order valence-corrected chi connectivity index (χ2v) is 5.49. The lowest BCUT2D eigenvalue weighted by Gasteiger charge is -2.10. The smallest absolute Gasteiger partial charge is 0.146 e. The van der Waals surface area contributed by atoms with Crippen molar-refractivity contribution >= 4 is 5.78 Å². The molecule has 0 amide bonds. The molecule has 0 spiro atoms. The molecule has 1 atom stereocenters. The highest BCUT2D eigenvalue weighted by Crippen LogP contribution is 2.14. The Balaban J connectivity index is 2.48. The second kappa shape index (κ2) is 6.37. The minimum Gasteiger partial charge on any atom is -0.324 e. The van der Waals surface area contributed by atoms with Crippen LogP contribution in [0.15, 0.2) is 30.3 Å². The van der Waals surface area contributed by atoms with Crippen LogP contribution < -0.4 is 5.73 Å². The van der Waals surface area contributed by atoms with Gasteiger partial charge in [-0.25, -0.2) is 0 Å². The van der Waals surface area contributed by atoms with Crippen molar-refractivity contribution in [2.24, 2.45) is 11.1 Å². The van der Waals surface area contributed by atoms with Crippen molar-refractivity contribution < 1.29 is 4.79 Å². The molecule has 96 valence electrons. The number of nitrogens with two attached hydrogens (primary N) is 1. The molecule has 1 aromatic rings. The molecular weight excluding hydrogens is 222 g/mol. The van der Waals surface area contributed by atoms with Crippen molar-refractivity contribution in [2.45, 2.75) is 39.7 Å². The molecule has 0 saturated heterocycles. The van der Waals surface area contributed by atoms with Gasteiger partial charge in [0.25, 0.3) is 0 Å². The van der Waals surface area contributed by atoms with Gasteiger partial charge in [-0.2, -0.15) is 0 Å². The van der Waals surface area contributed by atoms with E-state index in [0.29, 0.717) is 6.42 Å². The fourth-order valence-corrected chi connectivity index (χ4v) is 1.54. The predicted octanol–water partition coefficient (Wildman–Crippen LogP) is 3.09. The quantitative estimate of drug-likeness (QED) is 0.826. The SMILES string of the molecule is CC(C)(C)C#CCC(=O)CC(N)c1ccccc1. The van der Waals surface area contributed by atoms with Crippen LogP contribution in [0.3, 0.4) is 0 Å². The molecule has 0 heterocycles. The zero-order chi connectivity index (χ0) is 13.6. The van der Waals surface area contributed by atoms with E-state index in [1.165, 1.54) is 0 Å². The molecule has 0 saturated carbocycles. The van der Waals surface area contributed by atoms with Gasteiger partial charge in [0.1, 0.15) is 5.78 Å². The lowest BCUT2D eigenvalue weighted by molar-refractivity contribution is -0.118.